The van der Waals surface area contributed by atoms with Crippen LogP contribution in [0.2, 0.25) is 5.02 Å². The van der Waals surface area contributed by atoms with Gasteiger partial charge in [-0.3, -0.25) is 5.41 Å². The molecule has 1 aromatic heterocycles. The van der Waals surface area contributed by atoms with Gasteiger partial charge in [0, 0.05) is 22.0 Å². The largest absolute Gasteiger partial charge is 0.493 e. The van der Waals surface area contributed by atoms with Crippen molar-refractivity contribution in [2.45, 2.75) is 0 Å². The first-order chi connectivity index (χ1) is 11.0. The van der Waals surface area contributed by atoms with E-state index in [1.165, 1.54) is 7.11 Å². The van der Waals surface area contributed by atoms with Gasteiger partial charge in [0.1, 0.15) is 0 Å². The van der Waals surface area contributed by atoms with Gasteiger partial charge in [-0.05, 0) is 29.8 Å². The van der Waals surface area contributed by atoms with E-state index in [0.717, 1.165) is 15.7 Å². The molecule has 0 unspecified atom stereocenters. The summed E-state index contributed by atoms with van der Waals surface area (Å²) < 4.78 is 11.4. The molecular weight excluding hydrogens is 316 g/mol. The average Bonchev–Trinajstić information content (AvgIpc) is 2.58. The van der Waals surface area contributed by atoms with E-state index >= 15 is 0 Å². The van der Waals surface area contributed by atoms with Crippen molar-refractivity contribution in [2.24, 2.45) is 0 Å². The number of hydrogen-bond acceptors (Lipinski definition) is 4. The maximum Gasteiger partial charge on any atom is 0.169 e. The Labute approximate surface area is 137 Å². The Balaban J connectivity index is 2.31. The zero-order valence-electron chi connectivity index (χ0n) is 12.6. The summed E-state index contributed by atoms with van der Waals surface area (Å²) in [6.07, 6.45) is 0. The maximum atomic E-state index is 10.3. The second-order valence-electron chi connectivity index (χ2n) is 4.99. The first-order valence-corrected chi connectivity index (χ1v) is 7.24. The van der Waals surface area contributed by atoms with E-state index in [1.54, 1.807) is 31.4 Å². The first-order valence-electron chi connectivity index (χ1n) is 6.86. The lowest BCUT2D eigenvalue weighted by Crippen LogP contribution is -2.20. The lowest BCUT2D eigenvalue weighted by Gasteiger charge is -2.13. The summed E-state index contributed by atoms with van der Waals surface area (Å²) in [5, 5.41) is 19.9. The number of ether oxygens (including phenoxy) is 2. The van der Waals surface area contributed by atoms with Crippen LogP contribution in [0.15, 0.2) is 42.5 Å². The molecule has 0 amide bonds. The van der Waals surface area contributed by atoms with E-state index in [1.807, 2.05) is 18.2 Å². The summed E-state index contributed by atoms with van der Waals surface area (Å²) in [5.74, 6) is 1.04. The van der Waals surface area contributed by atoms with Crippen LogP contribution >= 0.6 is 11.6 Å². The predicted molar refractivity (Wildman–Crippen MR) is 88.5 cm³/mol. The second-order valence-corrected chi connectivity index (χ2v) is 5.43. The molecule has 0 spiro atoms. The number of nitrogens with zero attached hydrogens (tertiary/aromatic N) is 1. The van der Waals surface area contributed by atoms with Gasteiger partial charge in [0.05, 0.1) is 19.7 Å². The minimum atomic E-state index is -0.0213. The molecule has 0 saturated heterocycles. The summed E-state index contributed by atoms with van der Waals surface area (Å²) in [4.78, 5) is 0. The van der Waals surface area contributed by atoms with Crippen LogP contribution in [0.4, 0.5) is 0 Å². The van der Waals surface area contributed by atoms with Gasteiger partial charge in [0.2, 0.25) is 0 Å². The highest BCUT2D eigenvalue weighted by molar-refractivity contribution is 6.30. The Morgan fingerprint density at radius 1 is 1.00 bits per heavy atom. The van der Waals surface area contributed by atoms with Gasteiger partial charge < -0.3 is 14.7 Å². The number of aromatic nitrogens is 1. The number of methoxy groups -OCH3 is 2. The fourth-order valence-corrected chi connectivity index (χ4v) is 2.62. The maximum absolute atomic E-state index is 10.3. The van der Waals surface area contributed by atoms with Gasteiger partial charge in [-0.2, -0.15) is 4.73 Å². The van der Waals surface area contributed by atoms with Gasteiger partial charge >= 0.3 is 0 Å². The van der Waals surface area contributed by atoms with Crippen molar-refractivity contribution in [3.63, 3.8) is 0 Å². The van der Waals surface area contributed by atoms with E-state index in [0.29, 0.717) is 27.6 Å². The highest BCUT2D eigenvalue weighted by Crippen LogP contribution is 2.32. The summed E-state index contributed by atoms with van der Waals surface area (Å²) in [7, 11) is 3.07. The third-order valence-electron chi connectivity index (χ3n) is 3.68. The number of hydrogen-bond donors (Lipinski definition) is 2. The minimum absolute atomic E-state index is 0.0213. The van der Waals surface area contributed by atoms with Crippen LogP contribution in [0.5, 0.6) is 11.5 Å². The van der Waals surface area contributed by atoms with Crippen molar-refractivity contribution >= 4 is 22.5 Å². The fourth-order valence-electron chi connectivity index (χ4n) is 2.49. The van der Waals surface area contributed by atoms with Crippen molar-refractivity contribution in [3.05, 3.63) is 53.0 Å². The topological polar surface area (TPSA) is 67.5 Å². The van der Waals surface area contributed by atoms with Gasteiger partial charge in [0.15, 0.2) is 17.0 Å². The van der Waals surface area contributed by atoms with E-state index < -0.39 is 0 Å². The molecule has 0 radical (unpaired) electrons. The zero-order chi connectivity index (χ0) is 16.6. The minimum Gasteiger partial charge on any atom is -0.493 e. The molecule has 3 rings (SSSR count). The molecule has 0 aliphatic carbocycles. The quantitative estimate of drug-likeness (QED) is 0.720. The molecule has 2 N–H and O–H groups in total. The summed E-state index contributed by atoms with van der Waals surface area (Å²) >= 11 is 5.91. The Kier molecular flexibility index (Phi) is 3.88. The van der Waals surface area contributed by atoms with Crippen molar-refractivity contribution in [3.8, 4) is 22.6 Å². The molecule has 0 aliphatic rings. The molecule has 0 atom stereocenters. The lowest BCUT2D eigenvalue weighted by atomic mass is 10.0. The highest BCUT2D eigenvalue weighted by Gasteiger charge is 2.12. The van der Waals surface area contributed by atoms with Crippen LogP contribution in [-0.2, 0) is 0 Å². The van der Waals surface area contributed by atoms with E-state index in [-0.39, 0.29) is 5.49 Å². The van der Waals surface area contributed by atoms with Crippen LogP contribution in [0.3, 0.4) is 0 Å². The van der Waals surface area contributed by atoms with E-state index in [2.05, 4.69) is 0 Å². The third kappa shape index (κ3) is 2.59. The van der Waals surface area contributed by atoms with Gasteiger partial charge in [0.25, 0.3) is 0 Å². The molecule has 118 valence electrons. The van der Waals surface area contributed by atoms with Crippen LogP contribution < -0.4 is 15.0 Å². The van der Waals surface area contributed by atoms with Crippen molar-refractivity contribution in [1.29, 1.82) is 5.41 Å². The molecule has 0 bridgehead atoms. The van der Waals surface area contributed by atoms with Crippen molar-refractivity contribution in [1.82, 2.24) is 4.73 Å². The lowest BCUT2D eigenvalue weighted by molar-refractivity contribution is 0.184. The Bertz CT molecular complexity index is 933. The number of halogens is 1. The van der Waals surface area contributed by atoms with Crippen LogP contribution in [0.25, 0.3) is 22.0 Å². The number of rotatable bonds is 3. The molecule has 0 saturated carbocycles. The number of pyridine rings is 1. The van der Waals surface area contributed by atoms with Gasteiger partial charge in [-0.1, -0.05) is 23.7 Å². The molecule has 5 nitrogen and oxygen atoms in total. The summed E-state index contributed by atoms with van der Waals surface area (Å²) in [5.41, 5.74) is 1.82. The van der Waals surface area contributed by atoms with E-state index in [4.69, 9.17) is 26.5 Å². The number of benzene rings is 2. The first kappa shape index (κ1) is 15.2. The smallest absolute Gasteiger partial charge is 0.169 e. The predicted octanol–water partition coefficient (Wildman–Crippen LogP) is 3.70. The SMILES string of the molecule is COc1cc2cc(-c3ccc(Cl)cc3)c(=N)n(O)c2cc1OC. The summed E-state index contributed by atoms with van der Waals surface area (Å²) in [6.45, 7) is 0. The third-order valence-corrected chi connectivity index (χ3v) is 3.94. The van der Waals surface area contributed by atoms with E-state index in [9.17, 15) is 5.21 Å². The number of nitrogens with one attached hydrogen (secondary N) is 1. The summed E-state index contributed by atoms with van der Waals surface area (Å²) in [6, 6.07) is 12.3. The Morgan fingerprint density at radius 3 is 2.22 bits per heavy atom. The van der Waals surface area contributed by atoms with Crippen LogP contribution in [0.1, 0.15) is 0 Å². The fraction of sp³-hybridized carbons (Fsp3) is 0.118. The van der Waals surface area contributed by atoms with Gasteiger partial charge in [-0.15, -0.1) is 0 Å². The molecular formula is C17H15ClN2O3. The molecule has 6 heteroatoms. The highest BCUT2D eigenvalue weighted by atomic mass is 35.5. The Hall–Kier alpha value is -2.66. The van der Waals surface area contributed by atoms with Gasteiger partial charge in [-0.25, -0.2) is 0 Å². The van der Waals surface area contributed by atoms with Crippen molar-refractivity contribution in [2.75, 3.05) is 14.2 Å². The molecule has 3 aromatic rings. The molecule has 1 heterocycles. The monoisotopic (exact) mass is 330 g/mol. The molecule has 23 heavy (non-hydrogen) atoms. The standard InChI is InChI=1S/C17H15ClN2O3/c1-22-15-8-11-7-13(10-3-5-12(18)6-4-10)17(19)20(21)14(11)9-16(15)23-2/h3-9,19,21H,1-2H3. The number of fused-ring (bicyclic) bond motifs is 1. The molecule has 0 fully saturated rings. The average molecular weight is 331 g/mol. The van der Waals surface area contributed by atoms with Crippen molar-refractivity contribution < 1.29 is 14.7 Å². The second kappa shape index (κ2) is 5.85. The Morgan fingerprint density at radius 2 is 1.61 bits per heavy atom. The van der Waals surface area contributed by atoms with Crippen LogP contribution in [-0.4, -0.2) is 24.2 Å². The van der Waals surface area contributed by atoms with Crippen LogP contribution in [0, 0.1) is 5.41 Å². The molecule has 0 aliphatic heterocycles. The molecule has 2 aromatic carbocycles. The zero-order valence-corrected chi connectivity index (χ0v) is 13.4. The normalized spacial score (nSPS) is 10.7.